The normalized spacial score (nSPS) is 0. The summed E-state index contributed by atoms with van der Waals surface area (Å²) in [6.45, 7) is 0. The SMILES string of the molecule is [MgH+].[Mn].[OH-].[SrH2]. The van der Waals surface area contributed by atoms with Gasteiger partial charge in [-0.15, -0.1) is 0 Å². The van der Waals surface area contributed by atoms with Crippen LogP contribution >= 0.6 is 0 Å². The van der Waals surface area contributed by atoms with E-state index >= 15 is 0 Å². The fraction of sp³-hybridized carbons (Fsp3) is 0. The van der Waals surface area contributed by atoms with Crippen LogP contribution in [-0.2, 0) is 17.1 Å². The summed E-state index contributed by atoms with van der Waals surface area (Å²) < 4.78 is 0. The minimum absolute atomic E-state index is 0. The molecule has 4 heavy (non-hydrogen) atoms. The standard InChI is InChI=1S/Mg.Mn.H2O.Sr.3H/h;;1H2;;;;/q+1;;;;;;/p-1. The maximum absolute atomic E-state index is 0. The van der Waals surface area contributed by atoms with Gasteiger partial charge in [0.2, 0.25) is 0 Å². The second kappa shape index (κ2) is 17.2. The van der Waals surface area contributed by atoms with Crippen molar-refractivity contribution in [2.24, 2.45) is 0 Å². The Morgan fingerprint density at radius 1 is 1.00 bits per heavy atom. The average molecular weight is 187 g/mol. The van der Waals surface area contributed by atoms with Gasteiger partial charge in [0.05, 0.1) is 0 Å². The predicted molar refractivity (Wildman–Crippen MR) is 17.6 cm³/mol. The van der Waals surface area contributed by atoms with Crippen LogP contribution in [0.2, 0.25) is 0 Å². The van der Waals surface area contributed by atoms with Gasteiger partial charge in [0, 0.05) is 17.1 Å². The van der Waals surface area contributed by atoms with Gasteiger partial charge < -0.3 is 5.48 Å². The van der Waals surface area contributed by atoms with Gasteiger partial charge in [-0.05, 0) is 0 Å². The molecule has 0 aromatic heterocycles. The Bertz CT molecular complexity index is 8.00. The van der Waals surface area contributed by atoms with Gasteiger partial charge in [-0.2, -0.15) is 0 Å². The summed E-state index contributed by atoms with van der Waals surface area (Å²) in [6, 6.07) is 0. The zero-order chi connectivity index (χ0) is 0. The second-order valence-corrected chi connectivity index (χ2v) is 0. The Balaban J connectivity index is 0. The molecular weight excluding hydrogens is 183 g/mol. The fourth-order valence-corrected chi connectivity index (χ4v) is 0. The summed E-state index contributed by atoms with van der Waals surface area (Å²) in [6.07, 6.45) is 0. The van der Waals surface area contributed by atoms with Crippen LogP contribution in [-0.4, -0.2) is 74.0 Å². The van der Waals surface area contributed by atoms with E-state index in [0.29, 0.717) is 0 Å². The van der Waals surface area contributed by atoms with Gasteiger partial charge in [-0.1, -0.05) is 0 Å². The van der Waals surface area contributed by atoms with Crippen LogP contribution < -0.4 is 0 Å². The van der Waals surface area contributed by atoms with E-state index in [1.165, 1.54) is 0 Å². The molecule has 0 saturated heterocycles. The quantitative estimate of drug-likeness (QED) is 0.414. The van der Waals surface area contributed by atoms with E-state index in [1.807, 2.05) is 0 Å². The first kappa shape index (κ1) is 29.7. The van der Waals surface area contributed by atoms with Crippen LogP contribution in [0.4, 0.5) is 0 Å². The number of rotatable bonds is 0. The topological polar surface area (TPSA) is 30.0 Å². The first-order valence-electron chi connectivity index (χ1n) is 0. The van der Waals surface area contributed by atoms with E-state index in [-0.39, 0.29) is 91.1 Å². The van der Waals surface area contributed by atoms with Crippen LogP contribution in [0.15, 0.2) is 0 Å². The number of hydrogen-bond donors (Lipinski definition) is 0. The molecule has 0 aliphatic heterocycles. The Kier molecular flexibility index (Phi) is 128. The summed E-state index contributed by atoms with van der Waals surface area (Å²) in [7, 11) is 0. The second-order valence-electron chi connectivity index (χ2n) is 0. The van der Waals surface area contributed by atoms with Crippen molar-refractivity contribution in [3.8, 4) is 0 Å². The molecule has 0 atom stereocenters. The molecule has 0 aliphatic carbocycles. The predicted octanol–water partition coefficient (Wildman–Crippen LogP) is -1.74. The Labute approximate surface area is 89.1 Å². The molecular formula is H4MgMnOSr. The van der Waals surface area contributed by atoms with Crippen LogP contribution in [0.25, 0.3) is 0 Å². The van der Waals surface area contributed by atoms with Crippen molar-refractivity contribution in [3.63, 3.8) is 0 Å². The van der Waals surface area contributed by atoms with Gasteiger partial charge in [-0.25, -0.2) is 0 Å². The molecule has 1 N–H and O–H groups in total. The van der Waals surface area contributed by atoms with Gasteiger partial charge >= 0.3 is 68.5 Å². The van der Waals surface area contributed by atoms with E-state index in [9.17, 15) is 0 Å². The van der Waals surface area contributed by atoms with Gasteiger partial charge in [0.15, 0.2) is 0 Å². The Hall–Kier alpha value is 2.73. The molecule has 0 spiro atoms. The molecule has 0 amide bonds. The molecule has 0 saturated carbocycles. The van der Waals surface area contributed by atoms with E-state index < -0.39 is 0 Å². The molecule has 0 rings (SSSR count). The molecule has 0 bridgehead atoms. The van der Waals surface area contributed by atoms with E-state index in [1.54, 1.807) is 0 Å². The van der Waals surface area contributed by atoms with Crippen molar-refractivity contribution in [3.05, 3.63) is 0 Å². The molecule has 0 aliphatic rings. The van der Waals surface area contributed by atoms with Crippen LogP contribution in [0.3, 0.4) is 0 Å². The van der Waals surface area contributed by atoms with Crippen molar-refractivity contribution >= 4 is 68.5 Å². The molecule has 21 valence electrons. The van der Waals surface area contributed by atoms with Crippen molar-refractivity contribution in [2.75, 3.05) is 0 Å². The molecule has 0 aromatic carbocycles. The monoisotopic (exact) mass is 187 g/mol. The molecule has 4 heteroatoms. The van der Waals surface area contributed by atoms with E-state index in [4.69, 9.17) is 0 Å². The summed E-state index contributed by atoms with van der Waals surface area (Å²) in [5.74, 6) is 0. The summed E-state index contributed by atoms with van der Waals surface area (Å²) in [4.78, 5) is 0. The Morgan fingerprint density at radius 3 is 1.00 bits per heavy atom. The van der Waals surface area contributed by atoms with Crippen LogP contribution in [0.1, 0.15) is 0 Å². The van der Waals surface area contributed by atoms with E-state index in [2.05, 4.69) is 0 Å². The van der Waals surface area contributed by atoms with Crippen molar-refractivity contribution in [2.45, 2.75) is 0 Å². The van der Waals surface area contributed by atoms with Crippen molar-refractivity contribution < 1.29 is 22.5 Å². The van der Waals surface area contributed by atoms with Gasteiger partial charge in [0.1, 0.15) is 0 Å². The minimum atomic E-state index is 0. The third-order valence-corrected chi connectivity index (χ3v) is 0. The van der Waals surface area contributed by atoms with Crippen molar-refractivity contribution in [1.29, 1.82) is 0 Å². The molecule has 0 fully saturated rings. The molecule has 0 unspecified atom stereocenters. The van der Waals surface area contributed by atoms with Crippen molar-refractivity contribution in [1.82, 2.24) is 0 Å². The van der Waals surface area contributed by atoms with Gasteiger partial charge in [0.25, 0.3) is 0 Å². The summed E-state index contributed by atoms with van der Waals surface area (Å²) in [5.41, 5.74) is 0. The first-order valence-corrected chi connectivity index (χ1v) is 0. The Morgan fingerprint density at radius 2 is 1.00 bits per heavy atom. The van der Waals surface area contributed by atoms with E-state index in [0.717, 1.165) is 0 Å². The van der Waals surface area contributed by atoms with Crippen LogP contribution in [0, 0.1) is 0 Å². The first-order chi connectivity index (χ1) is 0. The summed E-state index contributed by atoms with van der Waals surface area (Å²) in [5, 5.41) is 0. The molecule has 1 radical (unpaired) electrons. The average Bonchev–Trinajstić information content (AvgIpc) is 0. The third-order valence-electron chi connectivity index (χ3n) is 0. The molecule has 0 aromatic rings. The third kappa shape index (κ3) is 8.83. The maximum atomic E-state index is 0. The van der Waals surface area contributed by atoms with Gasteiger partial charge in [-0.3, -0.25) is 0 Å². The fourth-order valence-electron chi connectivity index (χ4n) is 0. The zero-order valence-corrected chi connectivity index (χ0v) is 5.01. The van der Waals surface area contributed by atoms with Crippen LogP contribution in [0.5, 0.6) is 0 Å². The number of hydrogen-bond acceptors (Lipinski definition) is 1. The zero-order valence-electron chi connectivity index (χ0n) is 1.83. The molecule has 1 nitrogen and oxygen atoms in total. The molecule has 0 heterocycles. The summed E-state index contributed by atoms with van der Waals surface area (Å²) >= 11 is 0.